The van der Waals surface area contributed by atoms with Crippen molar-refractivity contribution in [2.45, 2.75) is 12.8 Å². The van der Waals surface area contributed by atoms with E-state index in [-0.39, 0.29) is 6.61 Å². The van der Waals surface area contributed by atoms with Crippen molar-refractivity contribution in [3.8, 4) is 0 Å². The van der Waals surface area contributed by atoms with E-state index >= 15 is 0 Å². The third-order valence-corrected chi connectivity index (χ3v) is 1.97. The summed E-state index contributed by atoms with van der Waals surface area (Å²) < 4.78 is 4.83. The van der Waals surface area contributed by atoms with E-state index in [1.807, 2.05) is 6.08 Å². The molecule has 1 fully saturated rings. The van der Waals surface area contributed by atoms with Crippen LogP contribution >= 0.6 is 0 Å². The first-order chi connectivity index (χ1) is 6.59. The Bertz CT molecular complexity index is 285. The van der Waals surface area contributed by atoms with Gasteiger partial charge in [0.2, 0.25) is 0 Å². The molecule has 1 aliphatic carbocycles. The average molecular weight is 194 g/mol. The Morgan fingerprint density at radius 1 is 1.43 bits per heavy atom. The monoisotopic (exact) mass is 194 g/mol. The molecule has 0 amide bonds. The molecular formula is C11H14O3. The predicted octanol–water partition coefficient (Wildman–Crippen LogP) is 2.12. The molecule has 3 heteroatoms. The second-order valence-electron chi connectivity index (χ2n) is 3.33. The maximum absolute atomic E-state index is 10.2. The van der Waals surface area contributed by atoms with Crippen molar-refractivity contribution in [2.24, 2.45) is 5.92 Å². The average Bonchev–Trinajstić information content (AvgIpc) is 2.93. The zero-order chi connectivity index (χ0) is 10.6. The topological polar surface area (TPSA) is 46.5 Å². The Morgan fingerprint density at radius 2 is 2.07 bits per heavy atom. The van der Waals surface area contributed by atoms with E-state index in [2.05, 4.69) is 13.2 Å². The first-order valence-electron chi connectivity index (χ1n) is 4.50. The van der Waals surface area contributed by atoms with Gasteiger partial charge in [-0.2, -0.15) is 0 Å². The van der Waals surface area contributed by atoms with Gasteiger partial charge in [-0.05, 0) is 24.8 Å². The highest BCUT2D eigenvalue weighted by Crippen LogP contribution is 2.36. The Kier molecular flexibility index (Phi) is 3.51. The molecule has 0 aromatic rings. The van der Waals surface area contributed by atoms with Crippen LogP contribution in [0.4, 0.5) is 0 Å². The molecule has 0 aliphatic heterocycles. The highest BCUT2D eigenvalue weighted by Gasteiger charge is 2.22. The maximum Gasteiger partial charge on any atom is 0.341 e. The van der Waals surface area contributed by atoms with Crippen LogP contribution in [0.5, 0.6) is 0 Å². The summed E-state index contributed by atoms with van der Waals surface area (Å²) in [6, 6.07) is 0. The van der Waals surface area contributed by atoms with Crippen LogP contribution in [0.1, 0.15) is 12.8 Å². The number of carboxylic acids is 1. The third-order valence-electron chi connectivity index (χ3n) is 1.97. The number of carbonyl (C=O) groups is 1. The zero-order valence-electron chi connectivity index (χ0n) is 8.03. The lowest BCUT2D eigenvalue weighted by atomic mass is 10.2. The number of carboxylic acid groups (broad SMARTS) is 1. The molecule has 0 radical (unpaired) electrons. The lowest BCUT2D eigenvalue weighted by Crippen LogP contribution is -2.05. The fourth-order valence-electron chi connectivity index (χ4n) is 0.993. The third kappa shape index (κ3) is 3.94. The van der Waals surface area contributed by atoms with Crippen LogP contribution in [0.15, 0.2) is 36.6 Å². The largest absolute Gasteiger partial charge is 0.483 e. The summed E-state index contributed by atoms with van der Waals surface area (Å²) in [5, 5.41) is 8.33. The van der Waals surface area contributed by atoms with Crippen molar-refractivity contribution in [1.29, 1.82) is 0 Å². The lowest BCUT2D eigenvalue weighted by molar-refractivity contribution is -0.140. The van der Waals surface area contributed by atoms with Crippen LogP contribution < -0.4 is 0 Å². The smallest absolute Gasteiger partial charge is 0.341 e. The van der Waals surface area contributed by atoms with E-state index in [0.29, 0.717) is 11.7 Å². The number of hydrogen-bond donors (Lipinski definition) is 1. The molecule has 0 aromatic carbocycles. The molecule has 0 saturated heterocycles. The number of aliphatic carboxylic acids is 1. The zero-order valence-corrected chi connectivity index (χ0v) is 8.03. The van der Waals surface area contributed by atoms with Gasteiger partial charge in [0, 0.05) is 0 Å². The highest BCUT2D eigenvalue weighted by atomic mass is 16.5. The van der Waals surface area contributed by atoms with Crippen LogP contribution in [0.25, 0.3) is 0 Å². The normalized spacial score (nSPS) is 15.4. The molecule has 0 unspecified atom stereocenters. The fraction of sp³-hybridized carbons (Fsp3) is 0.364. The van der Waals surface area contributed by atoms with Gasteiger partial charge in [0.05, 0.1) is 0 Å². The molecule has 1 saturated carbocycles. The van der Waals surface area contributed by atoms with Crippen LogP contribution in [0, 0.1) is 5.92 Å². The first kappa shape index (κ1) is 10.6. The summed E-state index contributed by atoms with van der Waals surface area (Å²) in [4.78, 5) is 10.2. The van der Waals surface area contributed by atoms with E-state index in [1.165, 1.54) is 12.8 Å². The Balaban J connectivity index is 2.24. The SMILES string of the molecule is C=C(/C=C\C(=C)C1CC1)OCC(=O)O. The van der Waals surface area contributed by atoms with Gasteiger partial charge in [-0.3, -0.25) is 0 Å². The van der Waals surface area contributed by atoms with Crippen molar-refractivity contribution in [1.82, 2.24) is 0 Å². The molecule has 0 spiro atoms. The molecule has 76 valence electrons. The van der Waals surface area contributed by atoms with E-state index in [0.717, 1.165) is 5.57 Å². The van der Waals surface area contributed by atoms with E-state index in [9.17, 15) is 4.79 Å². The van der Waals surface area contributed by atoms with Crippen LogP contribution in [0.3, 0.4) is 0 Å². The van der Waals surface area contributed by atoms with Crippen molar-refractivity contribution in [3.63, 3.8) is 0 Å². The molecule has 0 heterocycles. The van der Waals surface area contributed by atoms with Gasteiger partial charge in [-0.25, -0.2) is 4.79 Å². The van der Waals surface area contributed by atoms with Crippen LogP contribution in [-0.4, -0.2) is 17.7 Å². The fourth-order valence-corrected chi connectivity index (χ4v) is 0.993. The molecule has 0 atom stereocenters. The Hall–Kier alpha value is -1.51. The second-order valence-corrected chi connectivity index (χ2v) is 3.33. The van der Waals surface area contributed by atoms with Gasteiger partial charge in [0.1, 0.15) is 5.76 Å². The van der Waals surface area contributed by atoms with Crippen molar-refractivity contribution in [3.05, 3.63) is 36.6 Å². The number of allylic oxidation sites excluding steroid dienone is 3. The summed E-state index contributed by atoms with van der Waals surface area (Å²) in [5.41, 5.74) is 1.06. The molecule has 14 heavy (non-hydrogen) atoms. The maximum atomic E-state index is 10.2. The molecule has 1 rings (SSSR count). The quantitative estimate of drug-likeness (QED) is 0.520. The van der Waals surface area contributed by atoms with Gasteiger partial charge < -0.3 is 9.84 Å². The molecule has 0 aromatic heterocycles. The standard InChI is InChI=1S/C11H14O3/c1-8(10-5-6-10)3-4-9(2)14-7-11(12)13/h3-4,10H,1-2,5-7H2,(H,12,13)/b4-3-. The second kappa shape index (κ2) is 4.65. The van der Waals surface area contributed by atoms with E-state index < -0.39 is 5.97 Å². The summed E-state index contributed by atoms with van der Waals surface area (Å²) in [5.74, 6) is -0.0340. The van der Waals surface area contributed by atoms with Crippen molar-refractivity contribution >= 4 is 5.97 Å². The summed E-state index contributed by atoms with van der Waals surface area (Å²) in [7, 11) is 0. The van der Waals surface area contributed by atoms with Gasteiger partial charge in [0.15, 0.2) is 6.61 Å². The molecule has 3 nitrogen and oxygen atoms in total. The first-order valence-corrected chi connectivity index (χ1v) is 4.50. The van der Waals surface area contributed by atoms with E-state index in [1.54, 1.807) is 6.08 Å². The van der Waals surface area contributed by atoms with E-state index in [4.69, 9.17) is 9.84 Å². The summed E-state index contributed by atoms with van der Waals surface area (Å²) in [6.45, 7) is 7.10. The Labute approximate surface area is 83.4 Å². The predicted molar refractivity (Wildman–Crippen MR) is 53.7 cm³/mol. The van der Waals surface area contributed by atoms with Crippen LogP contribution in [0.2, 0.25) is 0 Å². The highest BCUT2D eigenvalue weighted by molar-refractivity contribution is 5.68. The molecule has 1 aliphatic rings. The van der Waals surface area contributed by atoms with Crippen molar-refractivity contribution < 1.29 is 14.6 Å². The number of rotatable bonds is 6. The lowest BCUT2D eigenvalue weighted by Gasteiger charge is -2.01. The van der Waals surface area contributed by atoms with Crippen LogP contribution in [-0.2, 0) is 9.53 Å². The summed E-state index contributed by atoms with van der Waals surface area (Å²) >= 11 is 0. The van der Waals surface area contributed by atoms with Gasteiger partial charge in [0.25, 0.3) is 0 Å². The molecule has 0 bridgehead atoms. The summed E-state index contributed by atoms with van der Waals surface area (Å²) in [6.07, 6.45) is 5.89. The van der Waals surface area contributed by atoms with Gasteiger partial charge in [-0.15, -0.1) is 0 Å². The minimum Gasteiger partial charge on any atom is -0.483 e. The molecular weight excluding hydrogens is 180 g/mol. The van der Waals surface area contributed by atoms with Crippen molar-refractivity contribution in [2.75, 3.05) is 6.61 Å². The molecule has 1 N–H and O–H groups in total. The minimum absolute atomic E-state index is 0.348. The Morgan fingerprint density at radius 3 is 2.57 bits per heavy atom. The number of hydrogen-bond acceptors (Lipinski definition) is 2. The number of ether oxygens (including phenoxy) is 1. The minimum atomic E-state index is -0.999. The van der Waals surface area contributed by atoms with Gasteiger partial charge >= 0.3 is 5.97 Å². The van der Waals surface area contributed by atoms with Gasteiger partial charge in [-0.1, -0.05) is 24.8 Å².